The van der Waals surface area contributed by atoms with E-state index >= 15 is 0 Å². The fourth-order valence-corrected chi connectivity index (χ4v) is 3.83. The molecule has 156 valence electrons. The molecule has 1 heterocycles. The fourth-order valence-electron chi connectivity index (χ4n) is 2.87. The van der Waals surface area contributed by atoms with Gasteiger partial charge in [0.1, 0.15) is 0 Å². The van der Waals surface area contributed by atoms with E-state index in [0.29, 0.717) is 35.4 Å². The quantitative estimate of drug-likeness (QED) is 0.503. The minimum Gasteiger partial charge on any atom is -0.381 e. The lowest BCUT2D eigenvalue weighted by Crippen LogP contribution is -2.44. The zero-order chi connectivity index (χ0) is 20.7. The Labute approximate surface area is 167 Å². The first-order chi connectivity index (χ1) is 13.2. The molecule has 1 fully saturated rings. The van der Waals surface area contributed by atoms with Gasteiger partial charge >= 0.3 is 0 Å². The molecule has 0 radical (unpaired) electrons. The first-order valence-corrected chi connectivity index (χ1v) is 11.2. The molecule has 2 N–H and O–H groups in total. The average Bonchev–Trinajstić information content (AvgIpc) is 3.13. The highest BCUT2D eigenvalue weighted by Gasteiger charge is 2.16. The fraction of sp³-hybridized carbons (Fsp3) is 0.579. The van der Waals surface area contributed by atoms with Crippen molar-refractivity contribution in [3.63, 3.8) is 0 Å². The Morgan fingerprint density at radius 2 is 2.07 bits per heavy atom. The van der Waals surface area contributed by atoms with Crippen LogP contribution in [0.1, 0.15) is 17.5 Å². The number of rotatable bonds is 7. The summed E-state index contributed by atoms with van der Waals surface area (Å²) in [6, 6.07) is 5.20. The summed E-state index contributed by atoms with van der Waals surface area (Å²) in [4.78, 5) is 18.3. The first kappa shape index (κ1) is 22.2. The molecule has 9 heteroatoms. The summed E-state index contributed by atoms with van der Waals surface area (Å²) >= 11 is 0. The van der Waals surface area contributed by atoms with Gasteiger partial charge in [0.2, 0.25) is 5.91 Å². The van der Waals surface area contributed by atoms with E-state index in [9.17, 15) is 13.2 Å². The number of nitrogens with one attached hydrogen (secondary N) is 2. The van der Waals surface area contributed by atoms with Crippen molar-refractivity contribution < 1.29 is 17.9 Å². The summed E-state index contributed by atoms with van der Waals surface area (Å²) < 4.78 is 28.9. The number of benzene rings is 1. The number of carbonyl (C=O) groups excluding carboxylic acids is 1. The van der Waals surface area contributed by atoms with Crippen LogP contribution < -0.4 is 10.6 Å². The van der Waals surface area contributed by atoms with Crippen LogP contribution in [0.3, 0.4) is 0 Å². The second-order valence-electron chi connectivity index (χ2n) is 7.29. The molecule has 1 aromatic carbocycles. The van der Waals surface area contributed by atoms with Crippen molar-refractivity contribution in [1.82, 2.24) is 15.5 Å². The lowest BCUT2D eigenvalue weighted by Gasteiger charge is -2.16. The minimum absolute atomic E-state index is 0.0490. The highest BCUT2D eigenvalue weighted by Crippen LogP contribution is 2.17. The van der Waals surface area contributed by atoms with Gasteiger partial charge in [0.25, 0.3) is 0 Å². The number of carbonyl (C=O) groups is 1. The Morgan fingerprint density at radius 3 is 2.64 bits per heavy atom. The van der Waals surface area contributed by atoms with Gasteiger partial charge in [0, 0.05) is 39.4 Å². The lowest BCUT2D eigenvalue weighted by atomic mass is 10.1. The molecular formula is C19H30N4O4S. The van der Waals surface area contributed by atoms with Gasteiger partial charge in [-0.3, -0.25) is 4.79 Å². The number of likely N-dealkylation sites (N-methyl/N-ethyl adjacent to an activating group) is 1. The summed E-state index contributed by atoms with van der Waals surface area (Å²) in [7, 11) is 0.169. The van der Waals surface area contributed by atoms with Crippen LogP contribution in [-0.2, 0) is 25.9 Å². The van der Waals surface area contributed by atoms with Crippen molar-refractivity contribution in [3.8, 4) is 0 Å². The summed E-state index contributed by atoms with van der Waals surface area (Å²) in [5.74, 6) is 0.923. The SMILES string of the molecule is Cc1cc(CN=C(NCC(=O)N(C)C)NCC2CCOC2)ccc1S(C)(=O)=O. The van der Waals surface area contributed by atoms with E-state index in [2.05, 4.69) is 15.6 Å². The number of aliphatic imine (C=N–C) groups is 1. The second-order valence-corrected chi connectivity index (χ2v) is 9.27. The molecule has 1 aromatic rings. The number of aryl methyl sites for hydroxylation is 1. The van der Waals surface area contributed by atoms with Crippen molar-refractivity contribution in [2.24, 2.45) is 10.9 Å². The first-order valence-electron chi connectivity index (χ1n) is 9.26. The summed E-state index contributed by atoms with van der Waals surface area (Å²) in [5, 5.41) is 6.33. The third-order valence-electron chi connectivity index (χ3n) is 4.55. The predicted molar refractivity (Wildman–Crippen MR) is 109 cm³/mol. The van der Waals surface area contributed by atoms with Gasteiger partial charge in [-0.1, -0.05) is 12.1 Å². The number of ether oxygens (including phenoxy) is 1. The van der Waals surface area contributed by atoms with Crippen LogP contribution in [-0.4, -0.2) is 71.8 Å². The maximum absolute atomic E-state index is 11.9. The minimum atomic E-state index is -3.24. The highest BCUT2D eigenvalue weighted by atomic mass is 32.2. The summed E-state index contributed by atoms with van der Waals surface area (Å²) in [6.45, 7) is 4.51. The van der Waals surface area contributed by atoms with Crippen LogP contribution >= 0.6 is 0 Å². The van der Waals surface area contributed by atoms with Crippen LogP contribution in [0.25, 0.3) is 0 Å². The number of hydrogen-bond acceptors (Lipinski definition) is 5. The molecule has 0 spiro atoms. The Bertz CT molecular complexity index is 815. The van der Waals surface area contributed by atoms with E-state index in [-0.39, 0.29) is 12.5 Å². The molecule has 2 rings (SSSR count). The Balaban J connectivity index is 2.06. The molecule has 0 bridgehead atoms. The molecule has 0 aromatic heterocycles. The molecule has 28 heavy (non-hydrogen) atoms. The highest BCUT2D eigenvalue weighted by molar-refractivity contribution is 7.90. The van der Waals surface area contributed by atoms with E-state index in [0.717, 1.165) is 25.2 Å². The molecule has 1 amide bonds. The third kappa shape index (κ3) is 6.79. The molecule has 0 aliphatic carbocycles. The van der Waals surface area contributed by atoms with Gasteiger partial charge in [-0.25, -0.2) is 13.4 Å². The van der Waals surface area contributed by atoms with E-state index in [4.69, 9.17) is 4.74 Å². The van der Waals surface area contributed by atoms with Crippen molar-refractivity contribution in [3.05, 3.63) is 29.3 Å². The normalized spacial score (nSPS) is 17.4. The van der Waals surface area contributed by atoms with E-state index in [1.165, 1.54) is 11.2 Å². The molecule has 1 saturated heterocycles. The maximum atomic E-state index is 11.9. The van der Waals surface area contributed by atoms with E-state index in [1.807, 2.05) is 6.07 Å². The van der Waals surface area contributed by atoms with Gasteiger partial charge in [0.05, 0.1) is 24.6 Å². The van der Waals surface area contributed by atoms with Gasteiger partial charge in [0.15, 0.2) is 15.8 Å². The molecule has 1 atom stereocenters. The number of guanidine groups is 1. The molecule has 1 aliphatic rings. The van der Waals surface area contributed by atoms with Crippen molar-refractivity contribution in [1.29, 1.82) is 0 Å². The Hall–Kier alpha value is -2.13. The Morgan fingerprint density at radius 1 is 1.32 bits per heavy atom. The largest absolute Gasteiger partial charge is 0.381 e. The third-order valence-corrected chi connectivity index (χ3v) is 5.80. The summed E-state index contributed by atoms with van der Waals surface area (Å²) in [6.07, 6.45) is 2.21. The van der Waals surface area contributed by atoms with Crippen LogP contribution in [0.2, 0.25) is 0 Å². The van der Waals surface area contributed by atoms with E-state index in [1.54, 1.807) is 33.2 Å². The van der Waals surface area contributed by atoms with Crippen LogP contribution in [0.5, 0.6) is 0 Å². The van der Waals surface area contributed by atoms with Crippen molar-refractivity contribution in [2.75, 3.05) is 46.7 Å². The van der Waals surface area contributed by atoms with Crippen LogP contribution in [0.15, 0.2) is 28.1 Å². The zero-order valence-electron chi connectivity index (χ0n) is 17.0. The molecule has 8 nitrogen and oxygen atoms in total. The smallest absolute Gasteiger partial charge is 0.241 e. The van der Waals surface area contributed by atoms with Crippen molar-refractivity contribution in [2.45, 2.75) is 24.8 Å². The van der Waals surface area contributed by atoms with Gasteiger partial charge < -0.3 is 20.3 Å². The molecule has 0 saturated carbocycles. The maximum Gasteiger partial charge on any atom is 0.241 e. The molecule has 1 aliphatic heterocycles. The number of sulfone groups is 1. The number of amides is 1. The standard InChI is InChI=1S/C19H30N4O4S/c1-14-9-15(5-6-17(14)28(4,25)26)10-20-19(22-12-18(24)23(2)3)21-11-16-7-8-27-13-16/h5-6,9,16H,7-8,10-13H2,1-4H3,(H2,20,21,22). The molecule has 1 unspecified atom stereocenters. The topological polar surface area (TPSA) is 100 Å². The predicted octanol–water partition coefficient (Wildman–Crippen LogP) is 0.558. The van der Waals surface area contributed by atoms with Gasteiger partial charge in [-0.05, 0) is 30.5 Å². The van der Waals surface area contributed by atoms with Gasteiger partial charge in [-0.15, -0.1) is 0 Å². The second kappa shape index (κ2) is 9.88. The van der Waals surface area contributed by atoms with Crippen LogP contribution in [0, 0.1) is 12.8 Å². The number of hydrogen-bond donors (Lipinski definition) is 2. The molecular weight excluding hydrogens is 380 g/mol. The number of nitrogens with zero attached hydrogens (tertiary/aromatic N) is 2. The lowest BCUT2D eigenvalue weighted by molar-refractivity contribution is -0.127. The summed E-state index contributed by atoms with van der Waals surface area (Å²) in [5.41, 5.74) is 1.60. The van der Waals surface area contributed by atoms with Crippen LogP contribution in [0.4, 0.5) is 0 Å². The van der Waals surface area contributed by atoms with E-state index < -0.39 is 9.84 Å². The monoisotopic (exact) mass is 410 g/mol. The zero-order valence-corrected chi connectivity index (χ0v) is 17.8. The Kier molecular flexibility index (Phi) is 7.82. The van der Waals surface area contributed by atoms with Gasteiger partial charge in [-0.2, -0.15) is 0 Å². The average molecular weight is 411 g/mol. The van der Waals surface area contributed by atoms with Crippen molar-refractivity contribution >= 4 is 21.7 Å².